The first-order chi connectivity index (χ1) is 19.0. The van der Waals surface area contributed by atoms with Crippen molar-refractivity contribution in [2.45, 2.75) is 25.9 Å². The number of pyridine rings is 1. The van der Waals surface area contributed by atoms with E-state index in [0.717, 1.165) is 42.9 Å². The summed E-state index contributed by atoms with van der Waals surface area (Å²) in [6, 6.07) is 13.6. The average molecular weight is 529 g/mol. The number of nitrogens with one attached hydrogen (secondary N) is 1. The first-order valence-corrected chi connectivity index (χ1v) is 13.2. The van der Waals surface area contributed by atoms with Gasteiger partial charge >= 0.3 is 0 Å². The molecule has 2 aliphatic heterocycles. The van der Waals surface area contributed by atoms with Crippen LogP contribution in [0.1, 0.15) is 24.0 Å². The van der Waals surface area contributed by atoms with Crippen LogP contribution in [0.25, 0.3) is 11.7 Å². The van der Waals surface area contributed by atoms with Crippen LogP contribution in [-0.4, -0.2) is 67.8 Å². The highest BCUT2D eigenvalue weighted by molar-refractivity contribution is 6.02. The zero-order valence-electron chi connectivity index (χ0n) is 22.2. The molecule has 4 heterocycles. The fraction of sp³-hybridized carbons (Fsp3) is 0.379. The summed E-state index contributed by atoms with van der Waals surface area (Å²) >= 11 is 0. The third-order valence-corrected chi connectivity index (χ3v) is 7.25. The van der Waals surface area contributed by atoms with Crippen molar-refractivity contribution >= 4 is 29.1 Å². The molecule has 0 saturated carbocycles. The van der Waals surface area contributed by atoms with Crippen molar-refractivity contribution in [3.05, 3.63) is 69.6 Å². The molecule has 1 atom stereocenters. The molecule has 0 spiro atoms. The van der Waals surface area contributed by atoms with Crippen molar-refractivity contribution in [3.8, 4) is 11.8 Å². The lowest BCUT2D eigenvalue weighted by Gasteiger charge is -2.37. The highest BCUT2D eigenvalue weighted by Crippen LogP contribution is 2.25. The lowest BCUT2D eigenvalue weighted by molar-refractivity contribution is -0.117. The third-order valence-electron chi connectivity index (χ3n) is 7.25. The van der Waals surface area contributed by atoms with E-state index in [1.165, 1.54) is 10.5 Å². The SMILES string of the molecule is COc1ccc(N2CCN(c3nc4c(C)cccn4c(=O)c3/C=C(\C#N)C(=O)NCC3CCCO3)CC2)cc1. The van der Waals surface area contributed by atoms with Crippen LogP contribution in [0.4, 0.5) is 11.5 Å². The molecule has 2 saturated heterocycles. The summed E-state index contributed by atoms with van der Waals surface area (Å²) in [4.78, 5) is 35.8. The number of hydrogen-bond acceptors (Lipinski definition) is 8. The maximum Gasteiger partial charge on any atom is 0.267 e. The molecule has 0 radical (unpaired) electrons. The fourth-order valence-electron chi connectivity index (χ4n) is 5.04. The number of nitrogens with zero attached hydrogens (tertiary/aromatic N) is 5. The van der Waals surface area contributed by atoms with E-state index >= 15 is 0 Å². The average Bonchev–Trinajstić information content (AvgIpc) is 3.50. The van der Waals surface area contributed by atoms with E-state index < -0.39 is 5.91 Å². The number of fused-ring (bicyclic) bond motifs is 1. The molecule has 39 heavy (non-hydrogen) atoms. The smallest absolute Gasteiger partial charge is 0.267 e. The van der Waals surface area contributed by atoms with Gasteiger partial charge in [-0.05, 0) is 61.7 Å². The van der Waals surface area contributed by atoms with Gasteiger partial charge in [-0.15, -0.1) is 0 Å². The highest BCUT2D eigenvalue weighted by Gasteiger charge is 2.25. The van der Waals surface area contributed by atoms with Gasteiger partial charge in [0.05, 0.1) is 18.8 Å². The second-order valence-corrected chi connectivity index (χ2v) is 9.73. The van der Waals surface area contributed by atoms with Crippen molar-refractivity contribution in [1.29, 1.82) is 5.26 Å². The van der Waals surface area contributed by atoms with E-state index in [0.29, 0.717) is 37.7 Å². The maximum absolute atomic E-state index is 13.7. The number of piperazine rings is 1. The number of anilines is 2. The molecule has 202 valence electrons. The Morgan fingerprint density at radius 3 is 2.62 bits per heavy atom. The topological polar surface area (TPSA) is 112 Å². The van der Waals surface area contributed by atoms with Gasteiger partial charge in [-0.2, -0.15) is 5.26 Å². The van der Waals surface area contributed by atoms with Gasteiger partial charge in [0.2, 0.25) is 0 Å². The predicted octanol–water partition coefficient (Wildman–Crippen LogP) is 2.54. The summed E-state index contributed by atoms with van der Waals surface area (Å²) in [6.45, 7) is 5.58. The minimum atomic E-state index is -0.531. The largest absolute Gasteiger partial charge is 0.497 e. The Labute approximate surface area is 227 Å². The number of rotatable bonds is 7. The molecule has 2 fully saturated rings. The van der Waals surface area contributed by atoms with Crippen LogP contribution in [0.15, 0.2) is 53.0 Å². The van der Waals surface area contributed by atoms with Gasteiger partial charge in [0, 0.05) is 51.2 Å². The summed E-state index contributed by atoms with van der Waals surface area (Å²) in [6.07, 6.45) is 4.80. The van der Waals surface area contributed by atoms with Gasteiger partial charge in [-0.3, -0.25) is 14.0 Å². The van der Waals surface area contributed by atoms with E-state index in [-0.39, 0.29) is 22.8 Å². The van der Waals surface area contributed by atoms with Crippen LogP contribution in [-0.2, 0) is 9.53 Å². The number of amides is 1. The van der Waals surface area contributed by atoms with Gasteiger partial charge < -0.3 is 24.6 Å². The summed E-state index contributed by atoms with van der Waals surface area (Å²) in [5.74, 6) is 0.749. The van der Waals surface area contributed by atoms with Gasteiger partial charge in [-0.1, -0.05) is 6.07 Å². The number of benzene rings is 1. The molecule has 1 N–H and O–H groups in total. The Balaban J connectivity index is 1.45. The fourth-order valence-corrected chi connectivity index (χ4v) is 5.04. The Bertz CT molecular complexity index is 1480. The summed E-state index contributed by atoms with van der Waals surface area (Å²) < 4.78 is 12.3. The molecule has 2 aliphatic rings. The van der Waals surface area contributed by atoms with E-state index in [1.807, 2.05) is 43.3 Å². The molecule has 10 heteroatoms. The van der Waals surface area contributed by atoms with Crippen LogP contribution in [0, 0.1) is 18.3 Å². The minimum Gasteiger partial charge on any atom is -0.497 e. The lowest BCUT2D eigenvalue weighted by Crippen LogP contribution is -2.47. The van der Waals surface area contributed by atoms with Crippen LogP contribution in [0.2, 0.25) is 0 Å². The molecule has 0 aliphatic carbocycles. The van der Waals surface area contributed by atoms with Gasteiger partial charge in [-0.25, -0.2) is 4.98 Å². The standard InChI is InChI=1S/C29H32N6O4/c1-20-5-3-11-35-26(20)32-27(34-14-12-33(13-15-34)22-7-9-23(38-2)10-8-22)25(29(35)37)17-21(18-30)28(36)31-19-24-6-4-16-39-24/h3,5,7-11,17,24H,4,6,12-16,19H2,1-2H3,(H,31,36)/b21-17+. The highest BCUT2D eigenvalue weighted by atomic mass is 16.5. The molecule has 1 amide bonds. The molecular weight excluding hydrogens is 496 g/mol. The van der Waals surface area contributed by atoms with Crippen molar-refractivity contribution in [2.24, 2.45) is 0 Å². The Hall–Kier alpha value is -4.36. The number of carbonyl (C=O) groups excluding carboxylic acids is 1. The van der Waals surface area contributed by atoms with Crippen LogP contribution in [0.5, 0.6) is 5.75 Å². The number of carbonyl (C=O) groups is 1. The van der Waals surface area contributed by atoms with E-state index in [2.05, 4.69) is 15.1 Å². The lowest BCUT2D eigenvalue weighted by atomic mass is 10.1. The Morgan fingerprint density at radius 2 is 1.95 bits per heavy atom. The van der Waals surface area contributed by atoms with E-state index in [1.54, 1.807) is 19.4 Å². The van der Waals surface area contributed by atoms with Gasteiger partial charge in [0.1, 0.15) is 28.9 Å². The minimum absolute atomic E-state index is 0.0533. The van der Waals surface area contributed by atoms with E-state index in [9.17, 15) is 14.9 Å². The molecule has 3 aromatic rings. The molecule has 10 nitrogen and oxygen atoms in total. The van der Waals surface area contributed by atoms with Crippen molar-refractivity contribution in [3.63, 3.8) is 0 Å². The van der Waals surface area contributed by atoms with Crippen LogP contribution >= 0.6 is 0 Å². The van der Waals surface area contributed by atoms with E-state index in [4.69, 9.17) is 14.5 Å². The van der Waals surface area contributed by atoms with Crippen LogP contribution in [0.3, 0.4) is 0 Å². The molecule has 5 rings (SSSR count). The van der Waals surface area contributed by atoms with Crippen molar-refractivity contribution < 1.29 is 14.3 Å². The Kier molecular flexibility index (Phi) is 7.79. The molecule has 0 bridgehead atoms. The second-order valence-electron chi connectivity index (χ2n) is 9.73. The third kappa shape index (κ3) is 5.59. The number of ether oxygens (including phenoxy) is 2. The van der Waals surface area contributed by atoms with Crippen LogP contribution < -0.4 is 25.4 Å². The number of nitriles is 1. The Morgan fingerprint density at radius 1 is 1.21 bits per heavy atom. The van der Waals surface area contributed by atoms with Crippen molar-refractivity contribution in [2.75, 3.05) is 56.2 Å². The second kappa shape index (κ2) is 11.6. The summed E-state index contributed by atoms with van der Waals surface area (Å²) in [5.41, 5.74) is 2.26. The van der Waals surface area contributed by atoms with Gasteiger partial charge in [0.15, 0.2) is 0 Å². The van der Waals surface area contributed by atoms with Gasteiger partial charge in [0.25, 0.3) is 11.5 Å². The number of aryl methyl sites for hydroxylation is 1. The maximum atomic E-state index is 13.7. The monoisotopic (exact) mass is 528 g/mol. The predicted molar refractivity (Wildman–Crippen MR) is 149 cm³/mol. The number of aromatic nitrogens is 2. The molecular formula is C29H32N6O4. The summed E-state index contributed by atoms with van der Waals surface area (Å²) in [5, 5.41) is 12.6. The first kappa shape index (κ1) is 26.3. The molecule has 1 unspecified atom stereocenters. The zero-order chi connectivity index (χ0) is 27.4. The summed E-state index contributed by atoms with van der Waals surface area (Å²) in [7, 11) is 1.64. The zero-order valence-corrected chi connectivity index (χ0v) is 22.2. The molecule has 1 aromatic carbocycles. The number of methoxy groups -OCH3 is 1. The normalized spacial score (nSPS) is 17.8. The first-order valence-electron chi connectivity index (χ1n) is 13.2. The van der Waals surface area contributed by atoms with Crippen molar-refractivity contribution in [1.82, 2.24) is 14.7 Å². The quantitative estimate of drug-likeness (QED) is 0.368. The molecule has 2 aromatic heterocycles. The number of hydrogen-bond donors (Lipinski definition) is 1.